The molecule has 2 aromatic rings. The van der Waals surface area contributed by atoms with E-state index in [4.69, 9.17) is 5.73 Å². The third-order valence-corrected chi connectivity index (χ3v) is 3.10. The van der Waals surface area contributed by atoms with Gasteiger partial charge in [-0.05, 0) is 26.8 Å². The van der Waals surface area contributed by atoms with Gasteiger partial charge in [0, 0.05) is 23.7 Å². The normalized spacial score (nSPS) is 11.6. The molecule has 4 heteroatoms. The molecule has 1 heterocycles. The largest absolute Gasteiger partial charge is 0.322 e. The Morgan fingerprint density at radius 3 is 2.32 bits per heavy atom. The molecule has 0 radical (unpaired) electrons. The van der Waals surface area contributed by atoms with Crippen molar-refractivity contribution in [2.24, 2.45) is 12.8 Å². The van der Waals surface area contributed by atoms with E-state index in [9.17, 15) is 4.79 Å². The van der Waals surface area contributed by atoms with Crippen molar-refractivity contribution in [2.75, 3.05) is 0 Å². The van der Waals surface area contributed by atoms with Crippen LogP contribution in [0.1, 0.15) is 25.0 Å². The smallest absolute Gasteiger partial charge is 0.271 e. The van der Waals surface area contributed by atoms with E-state index in [2.05, 4.69) is 5.10 Å². The van der Waals surface area contributed by atoms with Crippen LogP contribution in [0.25, 0.3) is 11.3 Å². The summed E-state index contributed by atoms with van der Waals surface area (Å²) in [5, 5.41) is 4.30. The maximum atomic E-state index is 12.1. The Balaban J connectivity index is 2.63. The van der Waals surface area contributed by atoms with E-state index in [1.54, 1.807) is 13.1 Å². The Hall–Kier alpha value is -1.94. The lowest BCUT2D eigenvalue weighted by atomic mass is 9.96. The van der Waals surface area contributed by atoms with E-state index in [1.165, 1.54) is 10.2 Å². The highest BCUT2D eigenvalue weighted by Gasteiger charge is 2.20. The van der Waals surface area contributed by atoms with E-state index in [0.717, 1.165) is 11.3 Å². The Bertz CT molecular complexity index is 649. The average molecular weight is 257 g/mol. The highest BCUT2D eigenvalue weighted by molar-refractivity contribution is 5.59. The number of hydrogen-bond donors (Lipinski definition) is 1. The molecule has 2 N–H and O–H groups in total. The third-order valence-electron chi connectivity index (χ3n) is 3.10. The topological polar surface area (TPSA) is 60.9 Å². The van der Waals surface area contributed by atoms with Crippen molar-refractivity contribution >= 4 is 0 Å². The van der Waals surface area contributed by atoms with Gasteiger partial charge in [-0.25, -0.2) is 4.68 Å². The van der Waals surface area contributed by atoms with Gasteiger partial charge in [0.2, 0.25) is 0 Å². The van der Waals surface area contributed by atoms with Gasteiger partial charge in [-0.15, -0.1) is 0 Å². The third kappa shape index (κ3) is 2.74. The first kappa shape index (κ1) is 13.5. The minimum absolute atomic E-state index is 0.150. The molecule has 4 nitrogen and oxygen atoms in total. The van der Waals surface area contributed by atoms with Gasteiger partial charge in [-0.1, -0.05) is 29.8 Å². The second kappa shape index (κ2) is 4.63. The predicted octanol–water partition coefficient (Wildman–Crippen LogP) is 1.95. The summed E-state index contributed by atoms with van der Waals surface area (Å²) >= 11 is 0. The van der Waals surface area contributed by atoms with Gasteiger partial charge in [-0.2, -0.15) is 5.10 Å². The monoisotopic (exact) mass is 257 g/mol. The molecular weight excluding hydrogens is 238 g/mol. The lowest BCUT2D eigenvalue weighted by Crippen LogP contribution is -2.38. The fourth-order valence-corrected chi connectivity index (χ4v) is 1.94. The molecule has 0 unspecified atom stereocenters. The number of rotatable bonds is 2. The lowest BCUT2D eigenvalue weighted by Gasteiger charge is -2.19. The summed E-state index contributed by atoms with van der Waals surface area (Å²) in [6.45, 7) is 5.68. The fraction of sp³-hybridized carbons (Fsp3) is 0.333. The summed E-state index contributed by atoms with van der Waals surface area (Å²) in [5.41, 5.74) is 8.72. The zero-order valence-electron chi connectivity index (χ0n) is 11.8. The van der Waals surface area contributed by atoms with Crippen molar-refractivity contribution in [2.45, 2.75) is 26.3 Å². The molecule has 0 atom stereocenters. The summed E-state index contributed by atoms with van der Waals surface area (Å²) < 4.78 is 1.35. The Labute approximate surface area is 112 Å². The van der Waals surface area contributed by atoms with Crippen molar-refractivity contribution in [1.29, 1.82) is 0 Å². The van der Waals surface area contributed by atoms with Gasteiger partial charge in [0.25, 0.3) is 5.56 Å². The quantitative estimate of drug-likeness (QED) is 0.894. The van der Waals surface area contributed by atoms with E-state index in [1.807, 2.05) is 45.0 Å². The fourth-order valence-electron chi connectivity index (χ4n) is 1.94. The zero-order valence-corrected chi connectivity index (χ0v) is 11.8. The first-order valence-electron chi connectivity index (χ1n) is 6.24. The Kier molecular flexibility index (Phi) is 3.28. The minimum atomic E-state index is -0.683. The van der Waals surface area contributed by atoms with Crippen LogP contribution in [0.4, 0.5) is 0 Å². The molecule has 0 saturated heterocycles. The molecule has 0 saturated carbocycles. The van der Waals surface area contributed by atoms with Gasteiger partial charge in [0.15, 0.2) is 0 Å². The molecule has 0 aliphatic rings. The molecule has 1 aromatic heterocycles. The van der Waals surface area contributed by atoms with Crippen LogP contribution in [0.2, 0.25) is 0 Å². The van der Waals surface area contributed by atoms with Gasteiger partial charge < -0.3 is 5.73 Å². The van der Waals surface area contributed by atoms with Crippen molar-refractivity contribution in [3.8, 4) is 11.3 Å². The van der Waals surface area contributed by atoms with Crippen LogP contribution in [0, 0.1) is 6.92 Å². The van der Waals surface area contributed by atoms with Gasteiger partial charge in [-0.3, -0.25) is 4.79 Å². The van der Waals surface area contributed by atoms with Crippen molar-refractivity contribution in [1.82, 2.24) is 9.78 Å². The van der Waals surface area contributed by atoms with E-state index >= 15 is 0 Å². The number of benzene rings is 1. The number of hydrogen-bond acceptors (Lipinski definition) is 3. The summed E-state index contributed by atoms with van der Waals surface area (Å²) in [7, 11) is 1.65. The number of nitrogens with zero attached hydrogens (tertiary/aromatic N) is 2. The Morgan fingerprint density at radius 2 is 1.79 bits per heavy atom. The van der Waals surface area contributed by atoms with Gasteiger partial charge in [0.1, 0.15) is 0 Å². The summed E-state index contributed by atoms with van der Waals surface area (Å²) in [4.78, 5) is 12.1. The van der Waals surface area contributed by atoms with Crippen LogP contribution in [-0.2, 0) is 12.6 Å². The number of aryl methyl sites for hydroxylation is 2. The summed E-state index contributed by atoms with van der Waals surface area (Å²) in [6.07, 6.45) is 0. The average Bonchev–Trinajstić information content (AvgIpc) is 2.32. The first-order chi connectivity index (χ1) is 8.79. The SMILES string of the molecule is Cc1ccc(-c2cc(C(C)(C)N)c(=O)n(C)n2)cc1. The standard InChI is InChI=1S/C15H19N3O/c1-10-5-7-11(8-6-10)13-9-12(15(2,3)16)14(19)18(4)17-13/h5-9H,16H2,1-4H3. The molecule has 0 amide bonds. The molecular formula is C15H19N3O. The second-order valence-corrected chi connectivity index (χ2v) is 5.46. The number of aromatic nitrogens is 2. The maximum absolute atomic E-state index is 12.1. The van der Waals surface area contributed by atoms with E-state index < -0.39 is 5.54 Å². The van der Waals surface area contributed by atoms with E-state index in [-0.39, 0.29) is 5.56 Å². The van der Waals surface area contributed by atoms with Crippen LogP contribution in [-0.4, -0.2) is 9.78 Å². The minimum Gasteiger partial charge on any atom is -0.322 e. The molecule has 19 heavy (non-hydrogen) atoms. The van der Waals surface area contributed by atoms with Crippen LogP contribution in [0.5, 0.6) is 0 Å². The highest BCUT2D eigenvalue weighted by Crippen LogP contribution is 2.20. The maximum Gasteiger partial charge on any atom is 0.271 e. The molecule has 0 aliphatic heterocycles. The molecule has 1 aromatic carbocycles. The van der Waals surface area contributed by atoms with Crippen LogP contribution in [0.15, 0.2) is 35.1 Å². The first-order valence-corrected chi connectivity index (χ1v) is 6.24. The zero-order chi connectivity index (χ0) is 14.2. The summed E-state index contributed by atoms with van der Waals surface area (Å²) in [6, 6.07) is 9.82. The molecule has 0 fully saturated rings. The van der Waals surface area contributed by atoms with Gasteiger partial charge >= 0.3 is 0 Å². The van der Waals surface area contributed by atoms with E-state index in [0.29, 0.717) is 5.56 Å². The van der Waals surface area contributed by atoms with Crippen LogP contribution < -0.4 is 11.3 Å². The van der Waals surface area contributed by atoms with Gasteiger partial charge in [0.05, 0.1) is 5.69 Å². The lowest BCUT2D eigenvalue weighted by molar-refractivity contribution is 0.531. The van der Waals surface area contributed by atoms with Crippen molar-refractivity contribution < 1.29 is 0 Å². The second-order valence-electron chi connectivity index (χ2n) is 5.46. The highest BCUT2D eigenvalue weighted by atomic mass is 16.1. The van der Waals surface area contributed by atoms with Crippen molar-refractivity contribution in [3.05, 3.63) is 51.8 Å². The van der Waals surface area contributed by atoms with Crippen LogP contribution in [0.3, 0.4) is 0 Å². The molecule has 2 rings (SSSR count). The van der Waals surface area contributed by atoms with Crippen LogP contribution >= 0.6 is 0 Å². The molecule has 0 spiro atoms. The Morgan fingerprint density at radius 1 is 1.21 bits per heavy atom. The van der Waals surface area contributed by atoms with Crippen molar-refractivity contribution in [3.63, 3.8) is 0 Å². The predicted molar refractivity (Wildman–Crippen MR) is 76.9 cm³/mol. The molecule has 0 bridgehead atoms. The molecule has 100 valence electrons. The summed E-state index contributed by atoms with van der Waals surface area (Å²) in [5.74, 6) is 0. The molecule has 0 aliphatic carbocycles. The number of nitrogens with two attached hydrogens (primary N) is 1.